The lowest BCUT2D eigenvalue weighted by molar-refractivity contribution is 1.18. The van der Waals surface area contributed by atoms with Gasteiger partial charge in [-0.3, -0.25) is 0 Å². The molecule has 112 valence electrons. The van der Waals surface area contributed by atoms with Crippen molar-refractivity contribution in [1.82, 2.24) is 0 Å². The molecule has 23 heavy (non-hydrogen) atoms. The van der Waals surface area contributed by atoms with Gasteiger partial charge in [0.15, 0.2) is 0 Å². The molecule has 0 heterocycles. The third kappa shape index (κ3) is 1.78. The van der Waals surface area contributed by atoms with Crippen molar-refractivity contribution in [3.8, 4) is 22.3 Å². The summed E-state index contributed by atoms with van der Waals surface area (Å²) in [6.45, 7) is 6.65. The zero-order valence-corrected chi connectivity index (χ0v) is 14.0. The van der Waals surface area contributed by atoms with Gasteiger partial charge in [0.25, 0.3) is 0 Å². The average molecular weight is 296 g/mol. The van der Waals surface area contributed by atoms with Gasteiger partial charge in [-0.2, -0.15) is 0 Å². The summed E-state index contributed by atoms with van der Waals surface area (Å²) in [6.07, 6.45) is 2.19. The van der Waals surface area contributed by atoms with E-state index in [1.807, 2.05) is 0 Å². The van der Waals surface area contributed by atoms with Gasteiger partial charge in [0.05, 0.1) is 0 Å². The number of aryl methyl sites for hydroxylation is 3. The van der Waals surface area contributed by atoms with Crippen LogP contribution in [0.3, 0.4) is 0 Å². The maximum absolute atomic E-state index is 2.47. The van der Waals surface area contributed by atoms with E-state index in [0.717, 1.165) is 12.8 Å². The molecule has 0 heteroatoms. The van der Waals surface area contributed by atoms with Gasteiger partial charge in [-0.25, -0.2) is 0 Å². The molecule has 0 radical (unpaired) electrons. The van der Waals surface area contributed by atoms with E-state index in [1.165, 1.54) is 61.2 Å². The van der Waals surface area contributed by atoms with E-state index in [-0.39, 0.29) is 0 Å². The van der Waals surface area contributed by atoms with Gasteiger partial charge in [-0.1, -0.05) is 47.5 Å². The van der Waals surface area contributed by atoms with Gasteiger partial charge >= 0.3 is 0 Å². The minimum absolute atomic E-state index is 1.09. The molecule has 0 N–H and O–H groups in total. The molecule has 0 bridgehead atoms. The van der Waals surface area contributed by atoms with Gasteiger partial charge < -0.3 is 0 Å². The monoisotopic (exact) mass is 296 g/mol. The van der Waals surface area contributed by atoms with Gasteiger partial charge in [0, 0.05) is 0 Å². The molecule has 0 amide bonds. The molecule has 0 aromatic heterocycles. The lowest BCUT2D eigenvalue weighted by atomic mass is 9.96. The molecule has 0 aliphatic heterocycles. The fourth-order valence-electron chi connectivity index (χ4n) is 4.45. The Kier molecular flexibility index (Phi) is 2.48. The molecule has 2 aliphatic carbocycles. The second kappa shape index (κ2) is 4.35. The standard InChI is InChI=1S/C23H20/c1-13-4-5-16-9-17-10-18-11-19-15(3)6-14(2)8-23(19)22(18)12-21(17)20(16)7-13/h4-8,10,12H,9,11H2,1-3H3. The van der Waals surface area contributed by atoms with Gasteiger partial charge in [-0.05, 0) is 89.8 Å². The van der Waals surface area contributed by atoms with Crippen LogP contribution in [0, 0.1) is 20.8 Å². The second-order valence-corrected chi connectivity index (χ2v) is 7.29. The molecule has 3 aromatic carbocycles. The van der Waals surface area contributed by atoms with E-state index >= 15 is 0 Å². The molecule has 0 atom stereocenters. The summed E-state index contributed by atoms with van der Waals surface area (Å²) >= 11 is 0. The molecule has 5 rings (SSSR count). The summed E-state index contributed by atoms with van der Waals surface area (Å²) < 4.78 is 0. The van der Waals surface area contributed by atoms with Crippen LogP contribution in [0.15, 0.2) is 42.5 Å². The summed E-state index contributed by atoms with van der Waals surface area (Å²) in [5.74, 6) is 0. The Morgan fingerprint density at radius 2 is 1.26 bits per heavy atom. The van der Waals surface area contributed by atoms with Crippen molar-refractivity contribution in [1.29, 1.82) is 0 Å². The maximum atomic E-state index is 2.47. The number of fused-ring (bicyclic) bond motifs is 6. The summed E-state index contributed by atoms with van der Waals surface area (Å²) in [5, 5.41) is 0. The summed E-state index contributed by atoms with van der Waals surface area (Å²) in [5.41, 5.74) is 16.0. The van der Waals surface area contributed by atoms with E-state index in [2.05, 4.69) is 63.2 Å². The molecular weight excluding hydrogens is 276 g/mol. The molecule has 0 fully saturated rings. The first-order chi connectivity index (χ1) is 11.1. The zero-order chi connectivity index (χ0) is 15.7. The Labute approximate surface area is 137 Å². The molecule has 0 saturated carbocycles. The number of hydrogen-bond acceptors (Lipinski definition) is 0. The van der Waals surface area contributed by atoms with Gasteiger partial charge in [0.1, 0.15) is 0 Å². The molecule has 0 unspecified atom stereocenters. The van der Waals surface area contributed by atoms with E-state index in [0.29, 0.717) is 0 Å². The van der Waals surface area contributed by atoms with Crippen molar-refractivity contribution >= 4 is 0 Å². The van der Waals surface area contributed by atoms with Gasteiger partial charge in [0.2, 0.25) is 0 Å². The Morgan fingerprint density at radius 1 is 0.565 bits per heavy atom. The molecular formula is C23H20. The van der Waals surface area contributed by atoms with Crippen LogP contribution in [0.4, 0.5) is 0 Å². The first kappa shape index (κ1) is 13.1. The molecule has 3 aromatic rings. The highest BCUT2D eigenvalue weighted by molar-refractivity contribution is 5.87. The van der Waals surface area contributed by atoms with Crippen LogP contribution in [0.25, 0.3) is 22.3 Å². The van der Waals surface area contributed by atoms with Crippen LogP contribution in [0.1, 0.15) is 38.9 Å². The molecule has 0 nitrogen and oxygen atoms in total. The van der Waals surface area contributed by atoms with Crippen LogP contribution in [-0.4, -0.2) is 0 Å². The first-order valence-electron chi connectivity index (χ1n) is 8.46. The molecule has 0 saturated heterocycles. The third-order valence-corrected chi connectivity index (χ3v) is 5.54. The summed E-state index contributed by atoms with van der Waals surface area (Å²) in [6, 6.07) is 16.5. The molecule has 0 spiro atoms. The Bertz CT molecular complexity index is 989. The summed E-state index contributed by atoms with van der Waals surface area (Å²) in [4.78, 5) is 0. The van der Waals surface area contributed by atoms with E-state index in [1.54, 1.807) is 0 Å². The number of hydrogen-bond donors (Lipinski definition) is 0. The largest absolute Gasteiger partial charge is 0.0590 e. The van der Waals surface area contributed by atoms with Crippen molar-refractivity contribution in [2.75, 3.05) is 0 Å². The van der Waals surface area contributed by atoms with Crippen LogP contribution in [0.2, 0.25) is 0 Å². The fraction of sp³-hybridized carbons (Fsp3) is 0.217. The topological polar surface area (TPSA) is 0 Å². The van der Waals surface area contributed by atoms with Gasteiger partial charge in [-0.15, -0.1) is 0 Å². The van der Waals surface area contributed by atoms with Crippen LogP contribution in [-0.2, 0) is 12.8 Å². The highest BCUT2D eigenvalue weighted by atomic mass is 14.3. The highest BCUT2D eigenvalue weighted by Gasteiger charge is 2.26. The van der Waals surface area contributed by atoms with Crippen molar-refractivity contribution in [3.05, 3.63) is 81.4 Å². The minimum Gasteiger partial charge on any atom is -0.0590 e. The first-order valence-corrected chi connectivity index (χ1v) is 8.46. The summed E-state index contributed by atoms with van der Waals surface area (Å²) in [7, 11) is 0. The predicted octanol–water partition coefficient (Wildman–Crippen LogP) is 5.75. The van der Waals surface area contributed by atoms with Crippen molar-refractivity contribution < 1.29 is 0 Å². The minimum atomic E-state index is 1.09. The van der Waals surface area contributed by atoms with E-state index in [9.17, 15) is 0 Å². The number of rotatable bonds is 0. The number of benzene rings is 3. The van der Waals surface area contributed by atoms with Crippen LogP contribution < -0.4 is 0 Å². The van der Waals surface area contributed by atoms with Crippen LogP contribution >= 0.6 is 0 Å². The SMILES string of the molecule is Cc1ccc2c(c1)-c1cc3c(cc1C2)Cc1c(C)cc(C)cc1-3. The lowest BCUT2D eigenvalue weighted by Gasteiger charge is -2.08. The van der Waals surface area contributed by atoms with Crippen molar-refractivity contribution in [2.24, 2.45) is 0 Å². The average Bonchev–Trinajstić information content (AvgIpc) is 3.03. The fourth-order valence-corrected chi connectivity index (χ4v) is 4.45. The zero-order valence-electron chi connectivity index (χ0n) is 14.0. The second-order valence-electron chi connectivity index (χ2n) is 7.29. The maximum Gasteiger partial charge on any atom is -0.00107 e. The lowest BCUT2D eigenvalue weighted by Crippen LogP contribution is -1.88. The third-order valence-electron chi connectivity index (χ3n) is 5.54. The van der Waals surface area contributed by atoms with Crippen molar-refractivity contribution in [2.45, 2.75) is 33.6 Å². The van der Waals surface area contributed by atoms with E-state index < -0.39 is 0 Å². The van der Waals surface area contributed by atoms with Crippen LogP contribution in [0.5, 0.6) is 0 Å². The predicted molar refractivity (Wildman–Crippen MR) is 97.1 cm³/mol. The Balaban J connectivity index is 1.77. The molecule has 2 aliphatic rings. The smallest absolute Gasteiger partial charge is 0.00107 e. The van der Waals surface area contributed by atoms with Crippen molar-refractivity contribution in [3.63, 3.8) is 0 Å². The highest BCUT2D eigenvalue weighted by Crippen LogP contribution is 2.45. The quantitative estimate of drug-likeness (QED) is 0.341. The van der Waals surface area contributed by atoms with E-state index in [4.69, 9.17) is 0 Å². The normalized spacial score (nSPS) is 13.5. The Morgan fingerprint density at radius 3 is 2.13 bits per heavy atom. The Hall–Kier alpha value is -2.34.